The van der Waals surface area contributed by atoms with Crippen LogP contribution in [-0.2, 0) is 9.47 Å². The summed E-state index contributed by atoms with van der Waals surface area (Å²) in [6.45, 7) is 5.25. The molecular formula is C14H21N3O3S. The fraction of sp³-hybridized carbons (Fsp3) is 0.643. The van der Waals surface area contributed by atoms with Gasteiger partial charge in [0.25, 0.3) is 0 Å². The minimum Gasteiger partial charge on any atom is -0.486 e. The summed E-state index contributed by atoms with van der Waals surface area (Å²) in [7, 11) is 3.35. The molecule has 0 aromatic carbocycles. The molecule has 7 heteroatoms. The lowest BCUT2D eigenvalue weighted by atomic mass is 10.3. The van der Waals surface area contributed by atoms with Crippen LogP contribution in [0.1, 0.15) is 18.7 Å². The summed E-state index contributed by atoms with van der Waals surface area (Å²) >= 11 is 1.35. The maximum Gasteiger partial charge on any atom is 0.178 e. The first kappa shape index (κ1) is 15.9. The number of methoxy groups -OCH3 is 2. The molecule has 1 aromatic rings. The standard InChI is InChI=1S/C14H21N3O3S/c1-8(2)20-13-12(16)11(5-15)21-14(13)17-6-9(18-3)10(7-17)19-4/h8-10H,6-7,16H2,1-4H3. The second-order valence-corrected chi connectivity index (χ2v) is 6.21. The Balaban J connectivity index is 2.33. The van der Waals surface area contributed by atoms with Gasteiger partial charge < -0.3 is 24.8 Å². The topological polar surface area (TPSA) is 80.7 Å². The molecule has 1 fully saturated rings. The van der Waals surface area contributed by atoms with Crippen LogP contribution in [0.15, 0.2) is 0 Å². The first-order valence-corrected chi connectivity index (χ1v) is 7.63. The van der Waals surface area contributed by atoms with E-state index in [0.29, 0.717) is 29.4 Å². The zero-order valence-electron chi connectivity index (χ0n) is 12.8. The molecule has 1 saturated heterocycles. The first-order chi connectivity index (χ1) is 10.0. The van der Waals surface area contributed by atoms with E-state index in [9.17, 15) is 5.26 Å². The van der Waals surface area contributed by atoms with Crippen molar-refractivity contribution in [3.05, 3.63) is 4.88 Å². The van der Waals surface area contributed by atoms with Crippen molar-refractivity contribution < 1.29 is 14.2 Å². The molecule has 2 atom stereocenters. The highest BCUT2D eigenvalue weighted by molar-refractivity contribution is 7.17. The summed E-state index contributed by atoms with van der Waals surface area (Å²) in [5.41, 5.74) is 6.46. The molecule has 2 rings (SSSR count). The predicted molar refractivity (Wildman–Crippen MR) is 83.0 cm³/mol. The molecule has 1 aromatic heterocycles. The second kappa shape index (κ2) is 6.52. The van der Waals surface area contributed by atoms with Crippen molar-refractivity contribution in [2.45, 2.75) is 32.2 Å². The number of nitrogen functional groups attached to an aromatic ring is 1. The molecule has 116 valence electrons. The number of hydrogen-bond donors (Lipinski definition) is 1. The zero-order valence-corrected chi connectivity index (χ0v) is 13.6. The van der Waals surface area contributed by atoms with E-state index < -0.39 is 0 Å². The van der Waals surface area contributed by atoms with Gasteiger partial charge in [-0.05, 0) is 13.8 Å². The third-order valence-corrected chi connectivity index (χ3v) is 4.60. The van der Waals surface area contributed by atoms with Gasteiger partial charge in [-0.1, -0.05) is 0 Å². The van der Waals surface area contributed by atoms with Crippen LogP contribution in [0.3, 0.4) is 0 Å². The van der Waals surface area contributed by atoms with Gasteiger partial charge in [-0.3, -0.25) is 0 Å². The number of ether oxygens (including phenoxy) is 3. The van der Waals surface area contributed by atoms with Crippen LogP contribution in [0.2, 0.25) is 0 Å². The van der Waals surface area contributed by atoms with Crippen molar-refractivity contribution in [1.29, 1.82) is 5.26 Å². The van der Waals surface area contributed by atoms with Crippen molar-refractivity contribution in [3.8, 4) is 11.8 Å². The Kier molecular flexibility index (Phi) is 4.93. The molecule has 2 N–H and O–H groups in total. The molecule has 2 unspecified atom stereocenters. The lowest BCUT2D eigenvalue weighted by Crippen LogP contribution is -2.27. The molecule has 0 radical (unpaired) electrons. The van der Waals surface area contributed by atoms with Gasteiger partial charge in [0.05, 0.1) is 6.10 Å². The highest BCUT2D eigenvalue weighted by Crippen LogP contribution is 2.46. The largest absolute Gasteiger partial charge is 0.486 e. The van der Waals surface area contributed by atoms with Crippen LogP contribution in [0.25, 0.3) is 0 Å². The van der Waals surface area contributed by atoms with E-state index in [-0.39, 0.29) is 18.3 Å². The van der Waals surface area contributed by atoms with Crippen molar-refractivity contribution in [1.82, 2.24) is 0 Å². The summed E-state index contributed by atoms with van der Waals surface area (Å²) in [5, 5.41) is 10.1. The van der Waals surface area contributed by atoms with Gasteiger partial charge in [-0.15, -0.1) is 11.3 Å². The van der Waals surface area contributed by atoms with E-state index in [1.807, 2.05) is 13.8 Å². The maximum atomic E-state index is 9.19. The number of nitriles is 1. The Morgan fingerprint density at radius 2 is 1.86 bits per heavy atom. The molecule has 0 spiro atoms. The number of rotatable bonds is 5. The molecule has 0 saturated carbocycles. The molecule has 21 heavy (non-hydrogen) atoms. The smallest absolute Gasteiger partial charge is 0.178 e. The lowest BCUT2D eigenvalue weighted by molar-refractivity contribution is -0.00461. The molecular weight excluding hydrogens is 290 g/mol. The second-order valence-electron chi connectivity index (χ2n) is 5.21. The minimum atomic E-state index is -0.00811. The van der Waals surface area contributed by atoms with Gasteiger partial charge in [0.1, 0.15) is 33.8 Å². The van der Waals surface area contributed by atoms with Gasteiger partial charge in [0, 0.05) is 27.3 Å². The van der Waals surface area contributed by atoms with Crippen LogP contribution in [0, 0.1) is 11.3 Å². The SMILES string of the molecule is COC1CN(c2sc(C#N)c(N)c2OC(C)C)CC1OC. The average molecular weight is 311 g/mol. The molecule has 0 aliphatic carbocycles. The minimum absolute atomic E-state index is 0.00393. The van der Waals surface area contributed by atoms with E-state index in [4.69, 9.17) is 19.9 Å². The zero-order chi connectivity index (χ0) is 15.6. The number of thiophene rings is 1. The number of anilines is 2. The van der Waals surface area contributed by atoms with E-state index in [0.717, 1.165) is 5.00 Å². The van der Waals surface area contributed by atoms with Crippen molar-refractivity contribution in [3.63, 3.8) is 0 Å². The Hall–Kier alpha value is -1.49. The number of nitrogens with zero attached hydrogens (tertiary/aromatic N) is 2. The quantitative estimate of drug-likeness (QED) is 0.893. The summed E-state index contributed by atoms with van der Waals surface area (Å²) in [6, 6.07) is 2.13. The fourth-order valence-corrected chi connectivity index (χ4v) is 3.39. The fourth-order valence-electron chi connectivity index (χ4n) is 2.42. The molecule has 2 heterocycles. The Morgan fingerprint density at radius 1 is 1.29 bits per heavy atom. The van der Waals surface area contributed by atoms with E-state index >= 15 is 0 Å². The first-order valence-electron chi connectivity index (χ1n) is 6.81. The summed E-state index contributed by atoms with van der Waals surface area (Å²) in [6.07, 6.45) is -0.0160. The summed E-state index contributed by atoms with van der Waals surface area (Å²) in [4.78, 5) is 2.59. The normalized spacial score (nSPS) is 21.8. The number of nitrogens with two attached hydrogens (primary N) is 1. The van der Waals surface area contributed by atoms with E-state index in [1.54, 1.807) is 14.2 Å². The van der Waals surface area contributed by atoms with Gasteiger partial charge in [0.15, 0.2) is 5.75 Å². The monoisotopic (exact) mass is 311 g/mol. The molecule has 0 amide bonds. The maximum absolute atomic E-state index is 9.19. The van der Waals surface area contributed by atoms with Gasteiger partial charge >= 0.3 is 0 Å². The number of hydrogen-bond acceptors (Lipinski definition) is 7. The van der Waals surface area contributed by atoms with E-state index in [2.05, 4.69) is 11.0 Å². The lowest BCUT2D eigenvalue weighted by Gasteiger charge is -2.19. The van der Waals surface area contributed by atoms with Crippen LogP contribution < -0.4 is 15.4 Å². The molecule has 1 aliphatic heterocycles. The van der Waals surface area contributed by atoms with Gasteiger partial charge in [0.2, 0.25) is 0 Å². The van der Waals surface area contributed by atoms with Crippen molar-refractivity contribution >= 4 is 22.0 Å². The highest BCUT2D eigenvalue weighted by atomic mass is 32.1. The van der Waals surface area contributed by atoms with Crippen LogP contribution >= 0.6 is 11.3 Å². The van der Waals surface area contributed by atoms with Crippen LogP contribution in [0.5, 0.6) is 5.75 Å². The molecule has 0 bridgehead atoms. The Labute approximate surface area is 129 Å². The van der Waals surface area contributed by atoms with Gasteiger partial charge in [-0.2, -0.15) is 5.26 Å². The van der Waals surface area contributed by atoms with Crippen molar-refractivity contribution in [2.24, 2.45) is 0 Å². The summed E-state index contributed by atoms with van der Waals surface area (Å²) in [5.74, 6) is 0.596. The average Bonchev–Trinajstić information content (AvgIpc) is 3.00. The Morgan fingerprint density at radius 3 is 2.29 bits per heavy atom. The summed E-state index contributed by atoms with van der Waals surface area (Å²) < 4.78 is 16.7. The third kappa shape index (κ3) is 3.07. The van der Waals surface area contributed by atoms with E-state index in [1.165, 1.54) is 11.3 Å². The highest BCUT2D eigenvalue weighted by Gasteiger charge is 2.36. The van der Waals surface area contributed by atoms with Crippen LogP contribution in [0.4, 0.5) is 10.7 Å². The Bertz CT molecular complexity index is 526. The van der Waals surface area contributed by atoms with Crippen molar-refractivity contribution in [2.75, 3.05) is 37.9 Å². The predicted octanol–water partition coefficient (Wildman–Crippen LogP) is 1.84. The third-order valence-electron chi connectivity index (χ3n) is 3.45. The molecule has 1 aliphatic rings. The van der Waals surface area contributed by atoms with Gasteiger partial charge in [-0.25, -0.2) is 0 Å². The molecule has 6 nitrogen and oxygen atoms in total. The van der Waals surface area contributed by atoms with Crippen LogP contribution in [-0.4, -0.2) is 45.6 Å².